The molecule has 1 N–H and O–H groups in total. The maximum absolute atomic E-state index is 5.49. The molecule has 4 nitrogen and oxygen atoms in total. The van der Waals surface area contributed by atoms with Crippen molar-refractivity contribution in [3.05, 3.63) is 30.5 Å². The molecule has 21 heavy (non-hydrogen) atoms. The average Bonchev–Trinajstić information content (AvgIpc) is 2.54. The summed E-state index contributed by atoms with van der Waals surface area (Å²) in [6.07, 6.45) is 5.66. The molecule has 1 saturated heterocycles. The first kappa shape index (κ1) is 14.1. The Bertz CT molecular complexity index is 612. The highest BCUT2D eigenvalue weighted by molar-refractivity contribution is 5.96. The van der Waals surface area contributed by atoms with Gasteiger partial charge in [-0.15, -0.1) is 0 Å². The van der Waals surface area contributed by atoms with Gasteiger partial charge in [0, 0.05) is 36.1 Å². The summed E-state index contributed by atoms with van der Waals surface area (Å²) in [6.45, 7) is 2.08. The summed E-state index contributed by atoms with van der Waals surface area (Å²) in [7, 11) is 3.74. The number of hydrogen-bond donors (Lipinski definition) is 1. The maximum atomic E-state index is 5.49. The molecule has 0 bridgehead atoms. The van der Waals surface area contributed by atoms with Gasteiger partial charge in [0.2, 0.25) is 0 Å². The first-order valence-corrected chi connectivity index (χ1v) is 7.68. The monoisotopic (exact) mass is 285 g/mol. The molecule has 0 spiro atoms. The van der Waals surface area contributed by atoms with E-state index in [0.717, 1.165) is 30.0 Å². The third kappa shape index (κ3) is 2.68. The molecule has 0 saturated carbocycles. The van der Waals surface area contributed by atoms with Crippen LogP contribution < -0.4 is 15.0 Å². The number of benzene rings is 1. The number of pyridine rings is 1. The van der Waals surface area contributed by atoms with Crippen molar-refractivity contribution in [2.45, 2.75) is 25.3 Å². The number of fused-ring (bicyclic) bond motifs is 1. The summed E-state index contributed by atoms with van der Waals surface area (Å²) in [5.41, 5.74) is 0. The van der Waals surface area contributed by atoms with Gasteiger partial charge in [-0.25, -0.2) is 4.98 Å². The fourth-order valence-electron chi connectivity index (χ4n) is 3.30. The SMILES string of the molecule is CNCC1CCCCN1c1nccc2c(OC)cccc12. The molecule has 0 radical (unpaired) electrons. The van der Waals surface area contributed by atoms with Gasteiger partial charge >= 0.3 is 0 Å². The normalized spacial score (nSPS) is 19.0. The molecule has 0 amide bonds. The van der Waals surface area contributed by atoms with E-state index in [-0.39, 0.29) is 0 Å². The Morgan fingerprint density at radius 3 is 3.00 bits per heavy atom. The molecular weight excluding hydrogens is 262 g/mol. The van der Waals surface area contributed by atoms with E-state index >= 15 is 0 Å². The molecule has 1 aromatic heterocycles. The second-order valence-electron chi connectivity index (χ2n) is 5.59. The van der Waals surface area contributed by atoms with E-state index in [9.17, 15) is 0 Å². The molecule has 1 fully saturated rings. The Morgan fingerprint density at radius 2 is 2.19 bits per heavy atom. The minimum absolute atomic E-state index is 0.521. The van der Waals surface area contributed by atoms with Gasteiger partial charge in [-0.2, -0.15) is 0 Å². The van der Waals surface area contributed by atoms with E-state index in [1.54, 1.807) is 7.11 Å². The first-order chi connectivity index (χ1) is 10.3. The van der Waals surface area contributed by atoms with E-state index in [4.69, 9.17) is 4.74 Å². The maximum Gasteiger partial charge on any atom is 0.136 e. The Labute approximate surface area is 126 Å². The standard InChI is InChI=1S/C17H23N3O/c1-18-12-13-6-3-4-11-20(13)17-15-7-5-8-16(21-2)14(15)9-10-19-17/h5,7-10,13,18H,3-4,6,11-12H2,1-2H3. The number of likely N-dealkylation sites (N-methyl/N-ethyl adjacent to an activating group) is 1. The van der Waals surface area contributed by atoms with Crippen molar-refractivity contribution in [3.8, 4) is 5.75 Å². The van der Waals surface area contributed by atoms with Crippen LogP contribution in [0.5, 0.6) is 5.75 Å². The smallest absolute Gasteiger partial charge is 0.136 e. The van der Waals surface area contributed by atoms with E-state index in [1.165, 1.54) is 24.6 Å². The van der Waals surface area contributed by atoms with Crippen molar-refractivity contribution in [3.63, 3.8) is 0 Å². The summed E-state index contributed by atoms with van der Waals surface area (Å²) < 4.78 is 5.49. The molecule has 1 aliphatic heterocycles. The number of rotatable bonds is 4. The zero-order valence-corrected chi connectivity index (χ0v) is 12.8. The van der Waals surface area contributed by atoms with Crippen LogP contribution in [0.3, 0.4) is 0 Å². The molecule has 1 unspecified atom stereocenters. The number of nitrogens with zero attached hydrogens (tertiary/aromatic N) is 2. The van der Waals surface area contributed by atoms with Gasteiger partial charge in [-0.1, -0.05) is 12.1 Å². The van der Waals surface area contributed by atoms with Crippen LogP contribution in [0.1, 0.15) is 19.3 Å². The van der Waals surface area contributed by atoms with Crippen molar-refractivity contribution >= 4 is 16.6 Å². The van der Waals surface area contributed by atoms with Gasteiger partial charge in [0.1, 0.15) is 11.6 Å². The summed E-state index contributed by atoms with van der Waals surface area (Å²) in [6, 6.07) is 8.75. The molecular formula is C17H23N3O. The van der Waals surface area contributed by atoms with Crippen molar-refractivity contribution in [1.29, 1.82) is 0 Å². The van der Waals surface area contributed by atoms with Gasteiger partial charge in [0.15, 0.2) is 0 Å². The fraction of sp³-hybridized carbons (Fsp3) is 0.471. The van der Waals surface area contributed by atoms with Gasteiger partial charge in [-0.05, 0) is 38.4 Å². The van der Waals surface area contributed by atoms with Crippen LogP contribution in [0.2, 0.25) is 0 Å². The van der Waals surface area contributed by atoms with Crippen molar-refractivity contribution in [2.24, 2.45) is 0 Å². The molecule has 1 aromatic carbocycles. The minimum Gasteiger partial charge on any atom is -0.496 e. The molecule has 3 rings (SSSR count). The highest BCUT2D eigenvalue weighted by Gasteiger charge is 2.24. The summed E-state index contributed by atoms with van der Waals surface area (Å²) in [5, 5.41) is 5.63. The topological polar surface area (TPSA) is 37.4 Å². The predicted octanol–water partition coefficient (Wildman–Crippen LogP) is 2.82. The summed E-state index contributed by atoms with van der Waals surface area (Å²) in [4.78, 5) is 7.14. The molecule has 1 aliphatic rings. The lowest BCUT2D eigenvalue weighted by Gasteiger charge is -2.37. The number of ether oxygens (including phenoxy) is 1. The number of piperidine rings is 1. The van der Waals surface area contributed by atoms with E-state index < -0.39 is 0 Å². The molecule has 2 heterocycles. The number of hydrogen-bond acceptors (Lipinski definition) is 4. The Hall–Kier alpha value is -1.81. The average molecular weight is 285 g/mol. The highest BCUT2D eigenvalue weighted by Crippen LogP contribution is 2.33. The van der Waals surface area contributed by atoms with E-state index in [1.807, 2.05) is 31.4 Å². The van der Waals surface area contributed by atoms with Gasteiger partial charge < -0.3 is 15.0 Å². The lowest BCUT2D eigenvalue weighted by atomic mass is 10.0. The van der Waals surface area contributed by atoms with Gasteiger partial charge in [-0.3, -0.25) is 0 Å². The lowest BCUT2D eigenvalue weighted by Crippen LogP contribution is -2.45. The summed E-state index contributed by atoms with van der Waals surface area (Å²) in [5.74, 6) is 2.00. The lowest BCUT2D eigenvalue weighted by molar-refractivity contribution is 0.419. The van der Waals surface area contributed by atoms with Gasteiger partial charge in [0.05, 0.1) is 7.11 Å². The van der Waals surface area contributed by atoms with Crippen LogP contribution in [0, 0.1) is 0 Å². The Balaban J connectivity index is 2.06. The molecule has 4 heteroatoms. The third-order valence-electron chi connectivity index (χ3n) is 4.30. The molecule has 112 valence electrons. The van der Waals surface area contributed by atoms with Crippen LogP contribution in [0.25, 0.3) is 10.8 Å². The molecule has 2 aromatic rings. The minimum atomic E-state index is 0.521. The predicted molar refractivity (Wildman–Crippen MR) is 87.2 cm³/mol. The molecule has 0 aliphatic carbocycles. The second-order valence-corrected chi connectivity index (χ2v) is 5.59. The first-order valence-electron chi connectivity index (χ1n) is 7.68. The van der Waals surface area contributed by atoms with E-state index in [0.29, 0.717) is 6.04 Å². The Morgan fingerprint density at radius 1 is 1.29 bits per heavy atom. The van der Waals surface area contributed by atoms with Crippen LogP contribution in [0.4, 0.5) is 5.82 Å². The third-order valence-corrected chi connectivity index (χ3v) is 4.30. The number of methoxy groups -OCH3 is 1. The van der Waals surface area contributed by atoms with Crippen LogP contribution in [-0.4, -0.2) is 38.3 Å². The second kappa shape index (κ2) is 6.31. The number of anilines is 1. The zero-order chi connectivity index (χ0) is 14.7. The Kier molecular flexibility index (Phi) is 4.25. The number of aromatic nitrogens is 1. The van der Waals surface area contributed by atoms with Crippen molar-refractivity contribution in [2.75, 3.05) is 32.1 Å². The van der Waals surface area contributed by atoms with Gasteiger partial charge in [0.25, 0.3) is 0 Å². The van der Waals surface area contributed by atoms with Crippen LogP contribution in [-0.2, 0) is 0 Å². The van der Waals surface area contributed by atoms with Crippen LogP contribution >= 0.6 is 0 Å². The zero-order valence-electron chi connectivity index (χ0n) is 12.8. The van der Waals surface area contributed by atoms with Crippen molar-refractivity contribution < 1.29 is 4.74 Å². The number of nitrogens with one attached hydrogen (secondary N) is 1. The van der Waals surface area contributed by atoms with Crippen molar-refractivity contribution in [1.82, 2.24) is 10.3 Å². The summed E-state index contributed by atoms with van der Waals surface area (Å²) >= 11 is 0. The quantitative estimate of drug-likeness (QED) is 0.937. The molecule has 1 atom stereocenters. The van der Waals surface area contributed by atoms with E-state index in [2.05, 4.69) is 21.3 Å². The largest absolute Gasteiger partial charge is 0.496 e. The fourth-order valence-corrected chi connectivity index (χ4v) is 3.30. The highest BCUT2D eigenvalue weighted by atomic mass is 16.5. The van der Waals surface area contributed by atoms with Crippen LogP contribution in [0.15, 0.2) is 30.5 Å².